The van der Waals surface area contributed by atoms with E-state index in [9.17, 15) is 9.18 Å². The van der Waals surface area contributed by atoms with E-state index in [1.165, 1.54) is 6.07 Å². The van der Waals surface area contributed by atoms with Crippen molar-refractivity contribution in [3.63, 3.8) is 0 Å². The van der Waals surface area contributed by atoms with Gasteiger partial charge >= 0.3 is 6.03 Å². The molecule has 3 aromatic rings. The molecule has 6 heteroatoms. The molecule has 0 spiro atoms. The number of rotatable bonds is 2. The van der Waals surface area contributed by atoms with E-state index in [-0.39, 0.29) is 17.8 Å². The molecule has 4 rings (SSSR count). The smallest absolute Gasteiger partial charge is 0.322 e. The number of fused-ring (bicyclic) bond motifs is 1. The zero-order valence-corrected chi connectivity index (χ0v) is 13.5. The van der Waals surface area contributed by atoms with Gasteiger partial charge in [0, 0.05) is 37.4 Å². The SMILES string of the molecule is O=C(Nc1ccccc1F)N1CCn2cccc2C1c1cccnc1. The highest BCUT2D eigenvalue weighted by Crippen LogP contribution is 2.32. The van der Waals surface area contributed by atoms with Gasteiger partial charge in [-0.15, -0.1) is 0 Å². The third-order valence-corrected chi connectivity index (χ3v) is 4.41. The standard InChI is InChI=1S/C19H17FN4O/c20-15-6-1-2-7-16(15)22-19(25)24-12-11-23-10-4-8-17(23)18(24)14-5-3-9-21-13-14/h1-10,13,18H,11-12H2,(H,22,25). The van der Waals surface area contributed by atoms with E-state index in [2.05, 4.69) is 14.9 Å². The number of nitrogens with one attached hydrogen (secondary N) is 1. The van der Waals surface area contributed by atoms with Gasteiger partial charge in [0.2, 0.25) is 0 Å². The molecule has 1 atom stereocenters. The monoisotopic (exact) mass is 336 g/mol. The molecule has 3 heterocycles. The number of nitrogens with zero attached hydrogens (tertiary/aromatic N) is 3. The van der Waals surface area contributed by atoms with Gasteiger partial charge in [0.25, 0.3) is 0 Å². The van der Waals surface area contributed by atoms with Gasteiger partial charge < -0.3 is 14.8 Å². The second-order valence-electron chi connectivity index (χ2n) is 5.92. The van der Waals surface area contributed by atoms with Gasteiger partial charge in [0.1, 0.15) is 11.9 Å². The van der Waals surface area contributed by atoms with Crippen LogP contribution in [0.3, 0.4) is 0 Å². The Balaban J connectivity index is 1.68. The number of hydrogen-bond acceptors (Lipinski definition) is 2. The van der Waals surface area contributed by atoms with E-state index in [1.54, 1.807) is 35.5 Å². The lowest BCUT2D eigenvalue weighted by molar-refractivity contribution is 0.181. The van der Waals surface area contributed by atoms with E-state index < -0.39 is 5.82 Å². The molecule has 126 valence electrons. The maximum Gasteiger partial charge on any atom is 0.322 e. The van der Waals surface area contributed by atoms with E-state index in [4.69, 9.17) is 0 Å². The summed E-state index contributed by atoms with van der Waals surface area (Å²) in [5.41, 5.74) is 2.12. The first-order valence-corrected chi connectivity index (χ1v) is 8.11. The molecule has 0 radical (unpaired) electrons. The Bertz CT molecular complexity index is 893. The van der Waals surface area contributed by atoms with Crippen LogP contribution in [-0.2, 0) is 6.54 Å². The lowest BCUT2D eigenvalue weighted by Gasteiger charge is -2.37. The fourth-order valence-electron chi connectivity index (χ4n) is 3.24. The quantitative estimate of drug-likeness (QED) is 0.776. The topological polar surface area (TPSA) is 50.2 Å². The molecule has 0 aliphatic carbocycles. The van der Waals surface area contributed by atoms with Crippen molar-refractivity contribution in [2.75, 3.05) is 11.9 Å². The maximum atomic E-state index is 13.9. The third-order valence-electron chi connectivity index (χ3n) is 4.41. The van der Waals surface area contributed by atoms with Crippen molar-refractivity contribution in [3.05, 3.63) is 84.2 Å². The van der Waals surface area contributed by atoms with Crippen molar-refractivity contribution in [2.45, 2.75) is 12.6 Å². The lowest BCUT2D eigenvalue weighted by Crippen LogP contribution is -2.44. The highest BCUT2D eigenvalue weighted by atomic mass is 19.1. The molecular formula is C19H17FN4O. The number of pyridine rings is 1. The summed E-state index contributed by atoms with van der Waals surface area (Å²) < 4.78 is 16.0. The van der Waals surface area contributed by atoms with Crippen LogP contribution in [0.4, 0.5) is 14.9 Å². The van der Waals surface area contributed by atoms with E-state index in [1.807, 2.05) is 30.5 Å². The number of benzene rings is 1. The zero-order chi connectivity index (χ0) is 17.2. The van der Waals surface area contributed by atoms with Crippen LogP contribution in [0.5, 0.6) is 0 Å². The van der Waals surface area contributed by atoms with E-state index >= 15 is 0 Å². The summed E-state index contributed by atoms with van der Waals surface area (Å²) >= 11 is 0. The second-order valence-corrected chi connectivity index (χ2v) is 5.92. The average Bonchev–Trinajstić information content (AvgIpc) is 3.12. The van der Waals surface area contributed by atoms with Gasteiger partial charge in [-0.2, -0.15) is 0 Å². The van der Waals surface area contributed by atoms with Crippen molar-refractivity contribution >= 4 is 11.7 Å². The fraction of sp³-hybridized carbons (Fsp3) is 0.158. The van der Waals surface area contributed by atoms with Crippen molar-refractivity contribution in [3.8, 4) is 0 Å². The molecule has 2 aromatic heterocycles. The van der Waals surface area contributed by atoms with Gasteiger partial charge in [0.15, 0.2) is 0 Å². The number of carbonyl (C=O) groups excluding carboxylic acids is 1. The lowest BCUT2D eigenvalue weighted by atomic mass is 10.0. The van der Waals surface area contributed by atoms with Crippen LogP contribution >= 0.6 is 0 Å². The summed E-state index contributed by atoms with van der Waals surface area (Å²) in [4.78, 5) is 18.8. The second kappa shape index (κ2) is 6.39. The van der Waals surface area contributed by atoms with Crippen LogP contribution in [0.2, 0.25) is 0 Å². The van der Waals surface area contributed by atoms with Gasteiger partial charge in [-0.25, -0.2) is 9.18 Å². The molecule has 0 saturated heterocycles. The molecule has 0 fully saturated rings. The Kier molecular flexibility index (Phi) is 3.93. The highest BCUT2D eigenvalue weighted by molar-refractivity contribution is 5.90. The third kappa shape index (κ3) is 2.87. The average molecular weight is 336 g/mol. The minimum atomic E-state index is -0.450. The summed E-state index contributed by atoms with van der Waals surface area (Å²) in [5.74, 6) is -0.450. The predicted molar refractivity (Wildman–Crippen MR) is 92.6 cm³/mol. The number of urea groups is 1. The first-order chi connectivity index (χ1) is 12.2. The van der Waals surface area contributed by atoms with Gasteiger partial charge in [-0.3, -0.25) is 4.98 Å². The summed E-state index contributed by atoms with van der Waals surface area (Å²) in [7, 11) is 0. The minimum Gasteiger partial charge on any atom is -0.348 e. The molecule has 1 unspecified atom stereocenters. The largest absolute Gasteiger partial charge is 0.348 e. The number of hydrogen-bond donors (Lipinski definition) is 1. The molecule has 1 aromatic carbocycles. The van der Waals surface area contributed by atoms with Gasteiger partial charge in [-0.05, 0) is 35.9 Å². The van der Waals surface area contributed by atoms with Crippen LogP contribution in [0, 0.1) is 5.82 Å². The Morgan fingerprint density at radius 1 is 1.12 bits per heavy atom. The van der Waals surface area contributed by atoms with Crippen LogP contribution in [0.25, 0.3) is 0 Å². The summed E-state index contributed by atoms with van der Waals surface area (Å²) in [5, 5.41) is 2.68. The minimum absolute atomic E-state index is 0.179. The Hall–Kier alpha value is -3.15. The Morgan fingerprint density at radius 2 is 2.00 bits per heavy atom. The van der Waals surface area contributed by atoms with E-state index in [0.29, 0.717) is 13.1 Å². The number of halogens is 1. The first-order valence-electron chi connectivity index (χ1n) is 8.11. The molecule has 0 saturated carbocycles. The van der Waals surface area contributed by atoms with Gasteiger partial charge in [-0.1, -0.05) is 18.2 Å². The molecule has 1 aliphatic heterocycles. The number of para-hydroxylation sites is 1. The van der Waals surface area contributed by atoms with Crippen LogP contribution in [-0.4, -0.2) is 27.0 Å². The van der Waals surface area contributed by atoms with Crippen molar-refractivity contribution in [1.82, 2.24) is 14.5 Å². The maximum absolute atomic E-state index is 13.9. The number of carbonyl (C=O) groups is 1. The van der Waals surface area contributed by atoms with Crippen molar-refractivity contribution in [1.29, 1.82) is 0 Å². The highest BCUT2D eigenvalue weighted by Gasteiger charge is 2.32. The fourth-order valence-corrected chi connectivity index (χ4v) is 3.24. The van der Waals surface area contributed by atoms with Crippen molar-refractivity contribution in [2.24, 2.45) is 0 Å². The Morgan fingerprint density at radius 3 is 2.80 bits per heavy atom. The summed E-state index contributed by atoms with van der Waals surface area (Å²) in [6.45, 7) is 1.23. The first kappa shape index (κ1) is 15.4. The van der Waals surface area contributed by atoms with Crippen LogP contribution in [0.15, 0.2) is 67.1 Å². The molecule has 0 bridgehead atoms. The predicted octanol–water partition coefficient (Wildman–Crippen LogP) is 3.66. The van der Waals surface area contributed by atoms with Gasteiger partial charge in [0.05, 0.1) is 5.69 Å². The summed E-state index contributed by atoms with van der Waals surface area (Å²) in [6, 6.07) is 13.4. The number of amides is 2. The van der Waals surface area contributed by atoms with Crippen molar-refractivity contribution < 1.29 is 9.18 Å². The summed E-state index contributed by atoms with van der Waals surface area (Å²) in [6.07, 6.45) is 5.47. The molecular weight excluding hydrogens is 319 g/mol. The molecule has 25 heavy (non-hydrogen) atoms. The van der Waals surface area contributed by atoms with E-state index in [0.717, 1.165) is 11.3 Å². The molecule has 5 nitrogen and oxygen atoms in total. The Labute approximate surface area is 144 Å². The van der Waals surface area contributed by atoms with Crippen LogP contribution in [0.1, 0.15) is 17.3 Å². The molecule has 1 N–H and O–H groups in total. The van der Waals surface area contributed by atoms with Crippen LogP contribution < -0.4 is 5.32 Å². The molecule has 2 amide bonds. The normalized spacial score (nSPS) is 16.4. The number of anilines is 1. The molecule has 1 aliphatic rings. The number of aromatic nitrogens is 2. The zero-order valence-electron chi connectivity index (χ0n) is 13.5.